The number of benzene rings is 1. The molecule has 0 saturated carbocycles. The Morgan fingerprint density at radius 3 is 2.62 bits per heavy atom. The van der Waals surface area contributed by atoms with Crippen LogP contribution in [0.3, 0.4) is 0 Å². The molecule has 34 heavy (non-hydrogen) atoms. The van der Waals surface area contributed by atoms with E-state index in [9.17, 15) is 14.7 Å². The van der Waals surface area contributed by atoms with Gasteiger partial charge in [-0.3, -0.25) is 4.90 Å². The van der Waals surface area contributed by atoms with Crippen LogP contribution in [0.1, 0.15) is 46.6 Å². The van der Waals surface area contributed by atoms with Crippen molar-refractivity contribution in [1.29, 1.82) is 0 Å². The molecule has 1 aromatic heterocycles. The highest BCUT2D eigenvalue weighted by Crippen LogP contribution is 2.40. The highest BCUT2D eigenvalue weighted by atomic mass is 16.6. The van der Waals surface area contributed by atoms with Crippen molar-refractivity contribution in [3.05, 3.63) is 36.0 Å². The topological polar surface area (TPSA) is 110 Å². The Morgan fingerprint density at radius 1 is 1.24 bits per heavy atom. The number of nitrogens with zero attached hydrogens (tertiary/aromatic N) is 2. The number of ether oxygens (including phenoxy) is 3. The zero-order chi connectivity index (χ0) is 25.0. The van der Waals surface area contributed by atoms with E-state index in [-0.39, 0.29) is 12.6 Å². The van der Waals surface area contributed by atoms with E-state index >= 15 is 0 Å². The number of amides is 2. The molecule has 184 valence electrons. The summed E-state index contributed by atoms with van der Waals surface area (Å²) in [7, 11) is 1.45. The second kappa shape index (κ2) is 10.2. The summed E-state index contributed by atoms with van der Waals surface area (Å²) in [6.45, 7) is 10.2. The number of fused-ring (bicyclic) bond motifs is 3. The maximum atomic E-state index is 12.2. The number of rotatable bonds is 7. The summed E-state index contributed by atoms with van der Waals surface area (Å²) in [5.41, 5.74) is 2.01. The van der Waals surface area contributed by atoms with Crippen molar-refractivity contribution in [1.82, 2.24) is 10.3 Å². The fourth-order valence-corrected chi connectivity index (χ4v) is 3.62. The van der Waals surface area contributed by atoms with Gasteiger partial charge in [-0.2, -0.15) is 0 Å². The highest BCUT2D eigenvalue weighted by Gasteiger charge is 2.23. The Bertz CT molecular complexity index is 1050. The van der Waals surface area contributed by atoms with E-state index in [1.807, 2.05) is 32.9 Å². The van der Waals surface area contributed by atoms with Crippen molar-refractivity contribution in [3.8, 4) is 22.6 Å². The van der Waals surface area contributed by atoms with Gasteiger partial charge >= 0.3 is 12.2 Å². The van der Waals surface area contributed by atoms with Crippen molar-refractivity contribution in [2.24, 2.45) is 5.92 Å². The lowest BCUT2D eigenvalue weighted by Crippen LogP contribution is -2.42. The molecule has 2 aromatic rings. The van der Waals surface area contributed by atoms with Crippen molar-refractivity contribution in [2.45, 2.75) is 59.3 Å². The van der Waals surface area contributed by atoms with Crippen LogP contribution in [0.25, 0.3) is 11.1 Å². The van der Waals surface area contributed by atoms with Gasteiger partial charge in [0.1, 0.15) is 36.1 Å². The Kier molecular flexibility index (Phi) is 7.54. The first-order valence-corrected chi connectivity index (χ1v) is 11.3. The van der Waals surface area contributed by atoms with Crippen LogP contribution in [0.4, 0.5) is 15.4 Å². The number of nitrogens with one attached hydrogen (secondary N) is 1. The van der Waals surface area contributed by atoms with Gasteiger partial charge < -0.3 is 24.6 Å². The molecule has 1 atom stereocenters. The van der Waals surface area contributed by atoms with Gasteiger partial charge in [-0.05, 0) is 56.9 Å². The minimum absolute atomic E-state index is 0.215. The number of carbonyl (C=O) groups excluding carboxylic acids is 1. The second-order valence-electron chi connectivity index (χ2n) is 9.77. The maximum absolute atomic E-state index is 12.2. The predicted octanol–water partition coefficient (Wildman–Crippen LogP) is 5.07. The Morgan fingerprint density at radius 2 is 1.97 bits per heavy atom. The van der Waals surface area contributed by atoms with Crippen molar-refractivity contribution in [2.75, 3.05) is 18.6 Å². The molecular weight excluding hydrogens is 438 g/mol. The average Bonchev–Trinajstić information content (AvgIpc) is 2.74. The molecular formula is C25H33N3O6. The van der Waals surface area contributed by atoms with Gasteiger partial charge in [0.2, 0.25) is 0 Å². The molecule has 9 heteroatoms. The molecule has 1 aliphatic heterocycles. The van der Waals surface area contributed by atoms with Gasteiger partial charge in [0, 0.05) is 30.4 Å². The van der Waals surface area contributed by atoms with Crippen LogP contribution in [-0.2, 0) is 11.3 Å². The Hall–Kier alpha value is -3.49. The number of carboxylic acid groups (broad SMARTS) is 1. The molecule has 2 heterocycles. The van der Waals surface area contributed by atoms with E-state index in [0.717, 1.165) is 28.0 Å². The highest BCUT2D eigenvalue weighted by molar-refractivity contribution is 5.86. The minimum atomic E-state index is -1.08. The molecule has 9 nitrogen and oxygen atoms in total. The van der Waals surface area contributed by atoms with Crippen LogP contribution in [0, 0.1) is 5.92 Å². The van der Waals surface area contributed by atoms with Gasteiger partial charge in [0.15, 0.2) is 0 Å². The lowest BCUT2D eigenvalue weighted by atomic mass is 9.98. The monoisotopic (exact) mass is 471 g/mol. The number of carbonyl (C=O) groups is 2. The lowest BCUT2D eigenvalue weighted by molar-refractivity contribution is 0.0480. The van der Waals surface area contributed by atoms with E-state index in [1.165, 1.54) is 7.05 Å². The molecule has 1 aliphatic rings. The summed E-state index contributed by atoms with van der Waals surface area (Å²) in [5.74, 6) is 1.95. The third-order valence-corrected chi connectivity index (χ3v) is 5.16. The number of anilines is 1. The molecule has 3 rings (SSSR count). The molecule has 0 saturated heterocycles. The molecule has 2 amide bonds. The summed E-state index contributed by atoms with van der Waals surface area (Å²) < 4.78 is 17.3. The quantitative estimate of drug-likeness (QED) is 0.580. The standard InChI is InChI=1S/C25H33N3O6/c1-15(2)9-17(27-23(29)34-25(3,4)5)14-32-18-7-8-19-20-11-22(28(6)24(30)31)26-12-16(20)13-33-21(19)10-18/h7-8,10-12,15,17H,9,13-14H2,1-6H3,(H,27,29)(H,30,31)/t17-/m0/s1. The van der Waals surface area contributed by atoms with E-state index < -0.39 is 17.8 Å². The predicted molar refractivity (Wildman–Crippen MR) is 129 cm³/mol. The molecule has 1 aromatic carbocycles. The zero-order valence-corrected chi connectivity index (χ0v) is 20.5. The van der Waals surface area contributed by atoms with Crippen LogP contribution in [-0.4, -0.2) is 47.6 Å². The fourth-order valence-electron chi connectivity index (χ4n) is 3.62. The smallest absolute Gasteiger partial charge is 0.412 e. The zero-order valence-electron chi connectivity index (χ0n) is 20.5. The van der Waals surface area contributed by atoms with Crippen molar-refractivity contribution >= 4 is 18.0 Å². The van der Waals surface area contributed by atoms with E-state index in [1.54, 1.807) is 18.3 Å². The molecule has 0 radical (unpaired) electrons. The normalized spacial score (nSPS) is 13.3. The van der Waals surface area contributed by atoms with Gasteiger partial charge in [-0.25, -0.2) is 14.6 Å². The van der Waals surface area contributed by atoms with Crippen molar-refractivity contribution < 1.29 is 28.9 Å². The summed E-state index contributed by atoms with van der Waals surface area (Å²) in [5, 5.41) is 12.1. The summed E-state index contributed by atoms with van der Waals surface area (Å²) >= 11 is 0. The van der Waals surface area contributed by atoms with Crippen LogP contribution in [0.2, 0.25) is 0 Å². The first-order chi connectivity index (χ1) is 15.9. The van der Waals surface area contributed by atoms with E-state index in [2.05, 4.69) is 24.1 Å². The third-order valence-electron chi connectivity index (χ3n) is 5.16. The number of aromatic nitrogens is 1. The molecule has 0 spiro atoms. The van der Waals surface area contributed by atoms with Gasteiger partial charge in [0.25, 0.3) is 0 Å². The third kappa shape index (κ3) is 6.52. The summed E-state index contributed by atoms with van der Waals surface area (Å²) in [6, 6.07) is 7.05. The first kappa shape index (κ1) is 25.1. The van der Waals surface area contributed by atoms with Gasteiger partial charge in [-0.15, -0.1) is 0 Å². The fraction of sp³-hybridized carbons (Fsp3) is 0.480. The molecule has 0 fully saturated rings. The Balaban J connectivity index is 1.74. The van der Waals surface area contributed by atoms with Crippen LogP contribution < -0.4 is 19.7 Å². The first-order valence-electron chi connectivity index (χ1n) is 11.3. The van der Waals surface area contributed by atoms with Crippen LogP contribution >= 0.6 is 0 Å². The minimum Gasteiger partial charge on any atom is -0.491 e. The molecule has 2 N–H and O–H groups in total. The van der Waals surface area contributed by atoms with Crippen LogP contribution in [0.15, 0.2) is 30.5 Å². The van der Waals surface area contributed by atoms with Crippen LogP contribution in [0.5, 0.6) is 11.5 Å². The summed E-state index contributed by atoms with van der Waals surface area (Å²) in [4.78, 5) is 28.8. The van der Waals surface area contributed by atoms with E-state index in [4.69, 9.17) is 14.2 Å². The average molecular weight is 472 g/mol. The molecule has 0 bridgehead atoms. The summed E-state index contributed by atoms with van der Waals surface area (Å²) in [6.07, 6.45) is 0.819. The second-order valence-corrected chi connectivity index (χ2v) is 9.77. The Labute approximate surface area is 200 Å². The van der Waals surface area contributed by atoms with Crippen molar-refractivity contribution in [3.63, 3.8) is 0 Å². The largest absolute Gasteiger partial charge is 0.491 e. The van der Waals surface area contributed by atoms with Gasteiger partial charge in [0.05, 0.1) is 6.04 Å². The molecule has 0 aliphatic carbocycles. The number of hydrogen-bond acceptors (Lipinski definition) is 6. The SMILES string of the molecule is CC(C)C[C@@H](COc1ccc2c(c1)OCc1cnc(N(C)C(=O)O)cc1-2)NC(=O)OC(C)(C)C. The number of hydrogen-bond donors (Lipinski definition) is 2. The lowest BCUT2D eigenvalue weighted by Gasteiger charge is -2.25. The number of pyridine rings is 1. The number of alkyl carbamates (subject to hydrolysis) is 1. The van der Waals surface area contributed by atoms with Gasteiger partial charge in [-0.1, -0.05) is 13.8 Å². The molecule has 0 unspecified atom stereocenters. The maximum Gasteiger partial charge on any atom is 0.412 e. The van der Waals surface area contributed by atoms with E-state index in [0.29, 0.717) is 29.8 Å².